The number of benzene rings is 1. The summed E-state index contributed by atoms with van der Waals surface area (Å²) in [4.78, 5) is 3.45. The maximum atomic E-state index is 5.69. The number of pyridine rings is 1. The summed E-state index contributed by atoms with van der Waals surface area (Å²) in [7, 11) is 0. The largest absolute Gasteiger partial charge is 0.494 e. The van der Waals surface area contributed by atoms with E-state index in [1.165, 1.54) is 11.3 Å². The molecule has 2 aromatic rings. The van der Waals surface area contributed by atoms with Gasteiger partial charge in [0, 0.05) is 16.6 Å². The molecule has 0 aliphatic carbocycles. The van der Waals surface area contributed by atoms with E-state index in [-0.39, 0.29) is 0 Å². The zero-order chi connectivity index (χ0) is 13.8. The van der Waals surface area contributed by atoms with Gasteiger partial charge in [0.2, 0.25) is 0 Å². The Bertz CT molecular complexity index is 630. The first-order valence-electron chi connectivity index (χ1n) is 6.95. The van der Waals surface area contributed by atoms with E-state index in [9.17, 15) is 0 Å². The van der Waals surface area contributed by atoms with E-state index < -0.39 is 0 Å². The van der Waals surface area contributed by atoms with Gasteiger partial charge < -0.3 is 9.72 Å². The fourth-order valence-corrected chi connectivity index (χ4v) is 2.72. The highest BCUT2D eigenvalue weighted by Crippen LogP contribution is 2.25. The molecular weight excluding hydrogens is 254 g/mol. The van der Waals surface area contributed by atoms with Crippen molar-refractivity contribution in [3.05, 3.63) is 34.0 Å². The minimum absolute atomic E-state index is 0.746. The quantitative estimate of drug-likeness (QED) is 0.781. The van der Waals surface area contributed by atoms with Crippen LogP contribution in [0.4, 0.5) is 0 Å². The van der Waals surface area contributed by atoms with Crippen molar-refractivity contribution in [2.75, 3.05) is 6.61 Å². The minimum atomic E-state index is 0.746. The van der Waals surface area contributed by atoms with Crippen LogP contribution >= 0.6 is 12.2 Å². The van der Waals surface area contributed by atoms with Crippen molar-refractivity contribution < 1.29 is 4.74 Å². The van der Waals surface area contributed by atoms with Gasteiger partial charge in [-0.05, 0) is 43.5 Å². The third-order valence-corrected chi connectivity index (χ3v) is 3.72. The lowest BCUT2D eigenvalue weighted by Crippen LogP contribution is -1.98. The van der Waals surface area contributed by atoms with Crippen LogP contribution in [0.5, 0.6) is 5.75 Å². The van der Waals surface area contributed by atoms with Crippen molar-refractivity contribution in [3.63, 3.8) is 0 Å². The van der Waals surface area contributed by atoms with E-state index in [0.29, 0.717) is 0 Å². The van der Waals surface area contributed by atoms with Crippen LogP contribution in [0.1, 0.15) is 37.9 Å². The van der Waals surface area contributed by atoms with E-state index in [2.05, 4.69) is 37.9 Å². The molecule has 1 N–H and O–H groups in total. The number of hydrogen-bond acceptors (Lipinski definition) is 2. The summed E-state index contributed by atoms with van der Waals surface area (Å²) >= 11 is 5.64. The highest BCUT2D eigenvalue weighted by molar-refractivity contribution is 7.71. The number of aromatic amines is 1. The summed E-state index contributed by atoms with van der Waals surface area (Å²) in [6.45, 7) is 7.13. The van der Waals surface area contributed by atoms with Crippen LogP contribution in [0.25, 0.3) is 10.9 Å². The Morgan fingerprint density at radius 2 is 2.00 bits per heavy atom. The average Bonchev–Trinajstić information content (AvgIpc) is 2.41. The summed E-state index contributed by atoms with van der Waals surface area (Å²) in [5.41, 5.74) is 3.53. The number of rotatable bonds is 5. The van der Waals surface area contributed by atoms with Crippen LogP contribution in [0.15, 0.2) is 18.2 Å². The van der Waals surface area contributed by atoms with Gasteiger partial charge in [-0.3, -0.25) is 0 Å². The molecule has 0 bridgehead atoms. The van der Waals surface area contributed by atoms with E-state index in [1.807, 2.05) is 6.07 Å². The van der Waals surface area contributed by atoms with Crippen molar-refractivity contribution in [2.45, 2.75) is 40.0 Å². The molecule has 0 radical (unpaired) electrons. The number of H-pyrrole nitrogens is 1. The van der Waals surface area contributed by atoms with Crippen molar-refractivity contribution in [3.8, 4) is 5.75 Å². The molecule has 0 fully saturated rings. The number of aryl methyl sites for hydroxylation is 1. The van der Waals surface area contributed by atoms with Crippen molar-refractivity contribution in [2.24, 2.45) is 0 Å². The highest BCUT2D eigenvalue weighted by Gasteiger charge is 2.06. The Morgan fingerprint density at radius 1 is 1.21 bits per heavy atom. The lowest BCUT2D eigenvalue weighted by atomic mass is 10.1. The predicted octanol–water partition coefficient (Wildman–Crippen LogP) is 4.95. The van der Waals surface area contributed by atoms with Crippen molar-refractivity contribution >= 4 is 23.1 Å². The molecule has 0 amide bonds. The van der Waals surface area contributed by atoms with Gasteiger partial charge in [-0.25, -0.2) is 0 Å². The summed E-state index contributed by atoms with van der Waals surface area (Å²) in [6, 6.07) is 6.11. The minimum Gasteiger partial charge on any atom is -0.494 e. The molecule has 0 saturated heterocycles. The van der Waals surface area contributed by atoms with Gasteiger partial charge in [0.1, 0.15) is 5.75 Å². The molecule has 2 nitrogen and oxygen atoms in total. The Hall–Kier alpha value is -1.35. The molecule has 1 heterocycles. The Kier molecular flexibility index (Phi) is 4.59. The molecule has 0 spiro atoms. The molecule has 3 heteroatoms. The summed E-state index contributed by atoms with van der Waals surface area (Å²) in [5, 5.41) is 1.10. The van der Waals surface area contributed by atoms with E-state index >= 15 is 0 Å². The number of nitrogens with one attached hydrogen (secondary N) is 1. The molecule has 0 aliphatic heterocycles. The zero-order valence-electron chi connectivity index (χ0n) is 11.9. The Morgan fingerprint density at radius 3 is 2.68 bits per heavy atom. The summed E-state index contributed by atoms with van der Waals surface area (Å²) < 4.78 is 6.66. The fourth-order valence-electron chi connectivity index (χ4n) is 2.29. The van der Waals surface area contributed by atoms with Gasteiger partial charge in [-0.15, -0.1) is 0 Å². The number of hydrogen-bond donors (Lipinski definition) is 1. The van der Waals surface area contributed by atoms with Crippen LogP contribution in [0.3, 0.4) is 0 Å². The van der Waals surface area contributed by atoms with Crippen LogP contribution < -0.4 is 4.74 Å². The summed E-state index contributed by atoms with van der Waals surface area (Å²) in [6.07, 6.45) is 3.15. The molecule has 1 aromatic heterocycles. The maximum absolute atomic E-state index is 5.69. The average molecular weight is 275 g/mol. The van der Waals surface area contributed by atoms with Gasteiger partial charge >= 0.3 is 0 Å². The zero-order valence-corrected chi connectivity index (χ0v) is 12.7. The Labute approximate surface area is 119 Å². The molecule has 102 valence electrons. The molecule has 2 rings (SSSR count). The van der Waals surface area contributed by atoms with E-state index in [0.717, 1.165) is 47.0 Å². The molecule has 19 heavy (non-hydrogen) atoms. The standard InChI is InChI=1S/C16H21NOS/c1-4-6-13-11(3)17-15-8-7-12(18-9-5-2)10-14(15)16(13)19/h7-8,10H,4-6,9H2,1-3H3,(H,17,19). The van der Waals surface area contributed by atoms with Crippen molar-refractivity contribution in [1.29, 1.82) is 0 Å². The predicted molar refractivity (Wildman–Crippen MR) is 83.7 cm³/mol. The van der Waals surface area contributed by atoms with E-state index in [4.69, 9.17) is 17.0 Å². The third kappa shape index (κ3) is 2.98. The lowest BCUT2D eigenvalue weighted by molar-refractivity contribution is 0.318. The van der Waals surface area contributed by atoms with E-state index in [1.54, 1.807) is 0 Å². The monoisotopic (exact) mass is 275 g/mol. The van der Waals surface area contributed by atoms with Gasteiger partial charge in [0.05, 0.1) is 11.1 Å². The number of aromatic nitrogens is 1. The first-order chi connectivity index (χ1) is 9.17. The van der Waals surface area contributed by atoms with Crippen LogP contribution in [-0.4, -0.2) is 11.6 Å². The Balaban J connectivity index is 2.54. The second-order valence-electron chi connectivity index (χ2n) is 4.86. The maximum Gasteiger partial charge on any atom is 0.120 e. The second-order valence-corrected chi connectivity index (χ2v) is 5.27. The fraction of sp³-hybridized carbons (Fsp3) is 0.438. The third-order valence-electron chi connectivity index (χ3n) is 3.26. The first kappa shape index (κ1) is 14.1. The van der Waals surface area contributed by atoms with Gasteiger partial charge in [0.25, 0.3) is 0 Å². The van der Waals surface area contributed by atoms with Crippen LogP contribution in [0, 0.1) is 11.4 Å². The van der Waals surface area contributed by atoms with Crippen LogP contribution in [-0.2, 0) is 6.42 Å². The smallest absolute Gasteiger partial charge is 0.120 e. The molecule has 1 aromatic carbocycles. The first-order valence-corrected chi connectivity index (χ1v) is 7.36. The van der Waals surface area contributed by atoms with Gasteiger partial charge in [-0.1, -0.05) is 32.5 Å². The topological polar surface area (TPSA) is 25.0 Å². The molecule has 0 saturated carbocycles. The van der Waals surface area contributed by atoms with Crippen LogP contribution in [0.2, 0.25) is 0 Å². The molecule has 0 atom stereocenters. The molecular formula is C16H21NOS. The highest BCUT2D eigenvalue weighted by atomic mass is 32.1. The number of fused-ring (bicyclic) bond motifs is 1. The summed E-state index contributed by atoms with van der Waals surface area (Å²) in [5.74, 6) is 0.903. The van der Waals surface area contributed by atoms with Gasteiger partial charge in [-0.2, -0.15) is 0 Å². The molecule has 0 aliphatic rings. The normalized spacial score (nSPS) is 10.9. The number of ether oxygens (including phenoxy) is 1. The lowest BCUT2D eigenvalue weighted by Gasteiger charge is -2.11. The van der Waals surface area contributed by atoms with Gasteiger partial charge in [0.15, 0.2) is 0 Å². The second kappa shape index (κ2) is 6.20. The SMILES string of the molecule is CCCOc1ccc2[nH]c(C)c(CCC)c(=S)c2c1. The molecule has 0 unspecified atom stereocenters. The van der Waals surface area contributed by atoms with Crippen molar-refractivity contribution in [1.82, 2.24) is 4.98 Å².